The molecule has 0 unspecified atom stereocenters. The summed E-state index contributed by atoms with van der Waals surface area (Å²) in [4.78, 5) is 2.59. The largest absolute Gasteiger partial charge is 0.392 e. The maximum absolute atomic E-state index is 9.12. The van der Waals surface area contributed by atoms with Crippen molar-refractivity contribution in [3.63, 3.8) is 0 Å². The van der Waals surface area contributed by atoms with Gasteiger partial charge in [0.05, 0.1) is 6.61 Å². The number of hydrogen-bond acceptors (Lipinski definition) is 3. The molecule has 1 saturated heterocycles. The van der Waals surface area contributed by atoms with E-state index in [1.807, 2.05) is 23.9 Å². The van der Waals surface area contributed by atoms with Crippen molar-refractivity contribution in [1.82, 2.24) is 5.32 Å². The first-order valence-corrected chi connectivity index (χ1v) is 8.36. The molecular formula is C18H22ClNOS. The number of piperidine rings is 1. The SMILES string of the molecule is Cl.OCc1ccc(Sc2ccccc2C2CCNCC2)cc1. The van der Waals surface area contributed by atoms with Crippen molar-refractivity contribution in [2.45, 2.75) is 35.2 Å². The summed E-state index contributed by atoms with van der Waals surface area (Å²) in [6.45, 7) is 2.35. The van der Waals surface area contributed by atoms with E-state index in [9.17, 15) is 0 Å². The molecule has 0 spiro atoms. The minimum absolute atomic E-state index is 0. The Morgan fingerprint density at radius 1 is 1.00 bits per heavy atom. The summed E-state index contributed by atoms with van der Waals surface area (Å²) in [6, 6.07) is 16.9. The summed E-state index contributed by atoms with van der Waals surface area (Å²) < 4.78 is 0. The average Bonchev–Trinajstić information content (AvgIpc) is 2.57. The normalized spacial score (nSPS) is 15.3. The molecule has 0 atom stereocenters. The summed E-state index contributed by atoms with van der Waals surface area (Å²) in [5, 5.41) is 12.6. The molecular weight excluding hydrogens is 314 g/mol. The molecule has 0 saturated carbocycles. The molecule has 1 heterocycles. The van der Waals surface area contributed by atoms with Crippen LogP contribution in [0.2, 0.25) is 0 Å². The Hall–Kier alpha value is -1.00. The molecule has 1 aliphatic rings. The molecule has 1 aliphatic heterocycles. The molecule has 118 valence electrons. The third kappa shape index (κ3) is 4.26. The monoisotopic (exact) mass is 335 g/mol. The van der Waals surface area contributed by atoms with E-state index in [1.165, 1.54) is 28.2 Å². The molecule has 22 heavy (non-hydrogen) atoms. The quantitative estimate of drug-likeness (QED) is 0.877. The highest BCUT2D eigenvalue weighted by Crippen LogP contribution is 2.37. The predicted molar refractivity (Wildman–Crippen MR) is 95.0 cm³/mol. The van der Waals surface area contributed by atoms with Crippen LogP contribution in [0.15, 0.2) is 58.3 Å². The van der Waals surface area contributed by atoms with Crippen LogP contribution in [0, 0.1) is 0 Å². The number of hydrogen-bond donors (Lipinski definition) is 2. The highest BCUT2D eigenvalue weighted by Gasteiger charge is 2.18. The Labute approximate surface area is 142 Å². The second-order valence-electron chi connectivity index (χ2n) is 5.47. The molecule has 3 rings (SSSR count). The molecule has 0 aromatic heterocycles. The van der Waals surface area contributed by atoms with Gasteiger partial charge in [-0.15, -0.1) is 12.4 Å². The summed E-state index contributed by atoms with van der Waals surface area (Å²) in [7, 11) is 0. The Kier molecular flexibility index (Phi) is 6.77. The first-order chi connectivity index (χ1) is 10.4. The van der Waals surface area contributed by atoms with Crippen LogP contribution in [-0.2, 0) is 6.61 Å². The summed E-state index contributed by atoms with van der Waals surface area (Å²) in [5.41, 5.74) is 2.45. The van der Waals surface area contributed by atoms with Crippen molar-refractivity contribution in [3.05, 3.63) is 59.7 Å². The van der Waals surface area contributed by atoms with Gasteiger partial charge in [0.15, 0.2) is 0 Å². The number of halogens is 1. The van der Waals surface area contributed by atoms with Crippen LogP contribution >= 0.6 is 24.2 Å². The van der Waals surface area contributed by atoms with E-state index >= 15 is 0 Å². The van der Waals surface area contributed by atoms with E-state index in [0.717, 1.165) is 18.7 Å². The van der Waals surface area contributed by atoms with Crippen molar-refractivity contribution >= 4 is 24.2 Å². The van der Waals surface area contributed by atoms with Gasteiger partial charge < -0.3 is 10.4 Å². The topological polar surface area (TPSA) is 32.3 Å². The number of aliphatic hydroxyl groups is 1. The summed E-state index contributed by atoms with van der Waals surface area (Å²) >= 11 is 1.83. The van der Waals surface area contributed by atoms with Crippen LogP contribution in [0.5, 0.6) is 0 Å². The fraction of sp³-hybridized carbons (Fsp3) is 0.333. The molecule has 0 radical (unpaired) electrons. The van der Waals surface area contributed by atoms with Gasteiger partial charge in [0.1, 0.15) is 0 Å². The molecule has 2 N–H and O–H groups in total. The summed E-state index contributed by atoms with van der Waals surface area (Å²) in [5.74, 6) is 0.673. The smallest absolute Gasteiger partial charge is 0.0681 e. The number of rotatable bonds is 4. The van der Waals surface area contributed by atoms with Crippen molar-refractivity contribution in [2.24, 2.45) is 0 Å². The second-order valence-corrected chi connectivity index (χ2v) is 6.58. The standard InChI is InChI=1S/C18H21NOS.ClH/c20-13-14-5-7-16(8-6-14)21-18-4-2-1-3-17(18)15-9-11-19-12-10-15;/h1-8,15,19-20H,9-13H2;1H. The average molecular weight is 336 g/mol. The molecule has 2 aromatic carbocycles. The van der Waals surface area contributed by atoms with Crippen molar-refractivity contribution in [2.75, 3.05) is 13.1 Å². The van der Waals surface area contributed by atoms with Crippen molar-refractivity contribution < 1.29 is 5.11 Å². The minimum Gasteiger partial charge on any atom is -0.392 e. The Balaban J connectivity index is 0.00000176. The third-order valence-corrected chi connectivity index (χ3v) is 5.13. The van der Waals surface area contributed by atoms with Gasteiger partial charge in [-0.05, 0) is 61.2 Å². The lowest BCUT2D eigenvalue weighted by molar-refractivity contribution is 0.282. The molecule has 0 amide bonds. The fourth-order valence-corrected chi connectivity index (χ4v) is 3.86. The van der Waals surface area contributed by atoms with E-state index in [2.05, 4.69) is 41.7 Å². The lowest BCUT2D eigenvalue weighted by Gasteiger charge is -2.24. The van der Waals surface area contributed by atoms with Crippen LogP contribution in [0.4, 0.5) is 0 Å². The van der Waals surface area contributed by atoms with Crippen LogP contribution in [0.25, 0.3) is 0 Å². The van der Waals surface area contributed by atoms with E-state index < -0.39 is 0 Å². The van der Waals surface area contributed by atoms with Crippen LogP contribution in [0.3, 0.4) is 0 Å². The van der Waals surface area contributed by atoms with E-state index in [0.29, 0.717) is 5.92 Å². The molecule has 4 heteroatoms. The number of aliphatic hydroxyl groups excluding tert-OH is 1. The molecule has 2 nitrogen and oxygen atoms in total. The Morgan fingerprint density at radius 3 is 2.36 bits per heavy atom. The zero-order chi connectivity index (χ0) is 14.5. The van der Waals surface area contributed by atoms with Gasteiger partial charge in [-0.3, -0.25) is 0 Å². The fourth-order valence-electron chi connectivity index (χ4n) is 2.83. The molecule has 0 aliphatic carbocycles. The van der Waals surface area contributed by atoms with Gasteiger partial charge in [0, 0.05) is 9.79 Å². The maximum atomic E-state index is 9.12. The van der Waals surface area contributed by atoms with Crippen LogP contribution < -0.4 is 5.32 Å². The van der Waals surface area contributed by atoms with Crippen LogP contribution in [-0.4, -0.2) is 18.2 Å². The number of benzene rings is 2. The zero-order valence-corrected chi connectivity index (χ0v) is 14.1. The molecule has 1 fully saturated rings. The summed E-state index contributed by atoms with van der Waals surface area (Å²) in [6.07, 6.45) is 2.45. The van der Waals surface area contributed by atoms with Gasteiger partial charge in [-0.1, -0.05) is 42.1 Å². The lowest BCUT2D eigenvalue weighted by atomic mass is 9.90. The van der Waals surface area contributed by atoms with Gasteiger partial charge >= 0.3 is 0 Å². The minimum atomic E-state index is 0. The maximum Gasteiger partial charge on any atom is 0.0681 e. The highest BCUT2D eigenvalue weighted by atomic mass is 35.5. The third-order valence-electron chi connectivity index (χ3n) is 4.03. The van der Waals surface area contributed by atoms with Crippen molar-refractivity contribution in [3.8, 4) is 0 Å². The Bertz CT molecular complexity index is 582. The van der Waals surface area contributed by atoms with Gasteiger partial charge in [-0.25, -0.2) is 0 Å². The van der Waals surface area contributed by atoms with Gasteiger partial charge in [0.2, 0.25) is 0 Å². The first-order valence-electron chi connectivity index (χ1n) is 7.54. The second kappa shape index (κ2) is 8.59. The van der Waals surface area contributed by atoms with E-state index in [4.69, 9.17) is 5.11 Å². The first kappa shape index (κ1) is 17.4. The highest BCUT2D eigenvalue weighted by molar-refractivity contribution is 7.99. The van der Waals surface area contributed by atoms with E-state index in [-0.39, 0.29) is 19.0 Å². The van der Waals surface area contributed by atoms with Crippen LogP contribution in [0.1, 0.15) is 29.9 Å². The van der Waals surface area contributed by atoms with Gasteiger partial charge in [0.25, 0.3) is 0 Å². The predicted octanol–water partition coefficient (Wildman–Crippen LogP) is 4.22. The molecule has 0 bridgehead atoms. The van der Waals surface area contributed by atoms with E-state index in [1.54, 1.807) is 0 Å². The van der Waals surface area contributed by atoms with Gasteiger partial charge in [-0.2, -0.15) is 0 Å². The lowest BCUT2D eigenvalue weighted by Crippen LogP contribution is -2.26. The number of nitrogens with one attached hydrogen (secondary N) is 1. The Morgan fingerprint density at radius 2 is 1.68 bits per heavy atom. The zero-order valence-electron chi connectivity index (χ0n) is 12.5. The molecule has 2 aromatic rings. The van der Waals surface area contributed by atoms with Crippen molar-refractivity contribution in [1.29, 1.82) is 0 Å².